The largest absolute Gasteiger partial charge is 0.496 e. The molecule has 96 valence electrons. The van der Waals surface area contributed by atoms with Crippen molar-refractivity contribution in [1.29, 1.82) is 0 Å². The molecule has 1 rings (SSSR count). The quantitative estimate of drug-likeness (QED) is 0.713. The third-order valence-corrected chi connectivity index (χ3v) is 2.94. The Morgan fingerprint density at radius 3 is 2.53 bits per heavy atom. The fourth-order valence-electron chi connectivity index (χ4n) is 2.20. The average Bonchev–Trinajstić information content (AvgIpc) is 2.29. The normalized spacial score (nSPS) is 14.5. The van der Waals surface area contributed by atoms with Gasteiger partial charge in [-0.05, 0) is 26.5 Å². The summed E-state index contributed by atoms with van der Waals surface area (Å²) in [5, 5.41) is 12.3. The number of aryl methyl sites for hydroxylation is 2. The highest BCUT2D eigenvalue weighted by Crippen LogP contribution is 2.31. The Bertz CT molecular complexity index is 380. The molecule has 1 aromatic carbocycles. The fourth-order valence-corrected chi connectivity index (χ4v) is 2.20. The molecule has 0 amide bonds. The van der Waals surface area contributed by atoms with Gasteiger partial charge in [0.25, 0.3) is 0 Å². The highest BCUT2D eigenvalue weighted by Gasteiger charge is 2.22. The van der Waals surface area contributed by atoms with Crippen LogP contribution in [0.25, 0.3) is 0 Å². The van der Waals surface area contributed by atoms with Crippen LogP contribution in [-0.4, -0.2) is 31.9 Å². The minimum Gasteiger partial charge on any atom is -0.496 e. The van der Waals surface area contributed by atoms with Crippen molar-refractivity contribution in [1.82, 2.24) is 5.32 Å². The number of hydrogen-bond acceptors (Lipinski definition) is 4. The van der Waals surface area contributed by atoms with E-state index in [4.69, 9.17) is 10.5 Å². The van der Waals surface area contributed by atoms with Crippen LogP contribution >= 0.6 is 0 Å². The number of aliphatic hydroxyl groups is 1. The molecule has 2 atom stereocenters. The summed E-state index contributed by atoms with van der Waals surface area (Å²) < 4.78 is 5.43. The Hall–Kier alpha value is -1.10. The van der Waals surface area contributed by atoms with E-state index in [1.165, 1.54) is 0 Å². The van der Waals surface area contributed by atoms with Crippen molar-refractivity contribution >= 4 is 0 Å². The standard InChI is InChI=1S/C13H22N2O2/c1-8-5-9(2)13(17-4)10(6-8)12(15-3)11(14)7-16/h5-6,11-12,15-16H,7,14H2,1-4H3. The summed E-state index contributed by atoms with van der Waals surface area (Å²) in [7, 11) is 3.48. The molecule has 4 nitrogen and oxygen atoms in total. The van der Waals surface area contributed by atoms with E-state index < -0.39 is 0 Å². The number of nitrogens with two attached hydrogens (primary N) is 1. The van der Waals surface area contributed by atoms with Gasteiger partial charge in [-0.3, -0.25) is 0 Å². The predicted octanol–water partition coefficient (Wildman–Crippen LogP) is 0.892. The number of methoxy groups -OCH3 is 1. The van der Waals surface area contributed by atoms with Crippen LogP contribution in [0.2, 0.25) is 0 Å². The third-order valence-electron chi connectivity index (χ3n) is 2.94. The van der Waals surface area contributed by atoms with E-state index in [1.807, 2.05) is 27.0 Å². The van der Waals surface area contributed by atoms with Crippen molar-refractivity contribution in [2.45, 2.75) is 25.9 Å². The summed E-state index contributed by atoms with van der Waals surface area (Å²) in [6.07, 6.45) is 0. The zero-order chi connectivity index (χ0) is 13.0. The second-order valence-electron chi connectivity index (χ2n) is 4.32. The molecule has 0 aliphatic heterocycles. The second kappa shape index (κ2) is 6.00. The molecule has 0 aromatic heterocycles. The zero-order valence-electron chi connectivity index (χ0n) is 10.9. The van der Waals surface area contributed by atoms with Crippen molar-refractivity contribution in [2.24, 2.45) is 5.73 Å². The first-order chi connectivity index (χ1) is 8.04. The average molecular weight is 238 g/mol. The third kappa shape index (κ3) is 2.97. The van der Waals surface area contributed by atoms with Crippen LogP contribution in [0.15, 0.2) is 12.1 Å². The molecule has 2 unspecified atom stereocenters. The number of likely N-dealkylation sites (N-methyl/N-ethyl adjacent to an activating group) is 1. The number of rotatable bonds is 5. The molecule has 17 heavy (non-hydrogen) atoms. The molecule has 0 fully saturated rings. The van der Waals surface area contributed by atoms with E-state index in [9.17, 15) is 5.11 Å². The number of nitrogens with one attached hydrogen (secondary N) is 1. The number of benzene rings is 1. The molecular formula is C13H22N2O2. The van der Waals surface area contributed by atoms with Crippen molar-refractivity contribution in [2.75, 3.05) is 20.8 Å². The summed E-state index contributed by atoms with van der Waals surface area (Å²) in [6, 6.07) is 3.64. The van der Waals surface area contributed by atoms with Gasteiger partial charge in [-0.1, -0.05) is 17.7 Å². The van der Waals surface area contributed by atoms with Crippen LogP contribution < -0.4 is 15.8 Å². The maximum Gasteiger partial charge on any atom is 0.126 e. The number of aliphatic hydroxyl groups excluding tert-OH is 1. The number of ether oxygens (including phenoxy) is 1. The molecular weight excluding hydrogens is 216 g/mol. The minimum atomic E-state index is -0.352. The van der Waals surface area contributed by atoms with Gasteiger partial charge in [0.1, 0.15) is 5.75 Å². The van der Waals surface area contributed by atoms with E-state index in [2.05, 4.69) is 11.4 Å². The van der Waals surface area contributed by atoms with E-state index in [0.29, 0.717) is 0 Å². The van der Waals surface area contributed by atoms with Crippen LogP contribution in [0.5, 0.6) is 5.75 Å². The summed E-state index contributed by atoms with van der Waals surface area (Å²) in [5.41, 5.74) is 9.14. The highest BCUT2D eigenvalue weighted by atomic mass is 16.5. The topological polar surface area (TPSA) is 67.5 Å². The Labute approximate surface area is 103 Å². The highest BCUT2D eigenvalue weighted by molar-refractivity contribution is 5.46. The summed E-state index contributed by atoms with van der Waals surface area (Å²) in [4.78, 5) is 0. The van der Waals surface area contributed by atoms with E-state index in [-0.39, 0.29) is 18.7 Å². The molecule has 0 saturated carbocycles. The summed E-state index contributed by atoms with van der Waals surface area (Å²) >= 11 is 0. The Kier molecular flexibility index (Phi) is 4.93. The van der Waals surface area contributed by atoms with Gasteiger partial charge in [0.15, 0.2) is 0 Å². The minimum absolute atomic E-state index is 0.0678. The van der Waals surface area contributed by atoms with Gasteiger partial charge in [-0.2, -0.15) is 0 Å². The van der Waals surface area contributed by atoms with Crippen LogP contribution in [0.1, 0.15) is 22.7 Å². The molecule has 1 aromatic rings. The van der Waals surface area contributed by atoms with Crippen LogP contribution in [0, 0.1) is 13.8 Å². The molecule has 4 heteroatoms. The van der Waals surface area contributed by atoms with Gasteiger partial charge < -0.3 is 20.9 Å². The first kappa shape index (κ1) is 14.0. The van der Waals surface area contributed by atoms with E-state index in [1.54, 1.807) is 7.11 Å². The predicted molar refractivity (Wildman–Crippen MR) is 69.3 cm³/mol. The van der Waals surface area contributed by atoms with E-state index in [0.717, 1.165) is 22.4 Å². The lowest BCUT2D eigenvalue weighted by atomic mass is 9.95. The molecule has 0 aliphatic carbocycles. The summed E-state index contributed by atoms with van der Waals surface area (Å²) in [6.45, 7) is 3.97. The van der Waals surface area contributed by atoms with Crippen molar-refractivity contribution < 1.29 is 9.84 Å². The van der Waals surface area contributed by atoms with Gasteiger partial charge in [-0.25, -0.2) is 0 Å². The molecule has 0 aliphatic rings. The van der Waals surface area contributed by atoms with Gasteiger partial charge >= 0.3 is 0 Å². The van der Waals surface area contributed by atoms with Gasteiger partial charge in [0, 0.05) is 11.6 Å². The Morgan fingerprint density at radius 2 is 2.06 bits per heavy atom. The van der Waals surface area contributed by atoms with Gasteiger partial charge in [0.2, 0.25) is 0 Å². The fraction of sp³-hybridized carbons (Fsp3) is 0.538. The van der Waals surface area contributed by atoms with Gasteiger partial charge in [0.05, 0.1) is 19.8 Å². The first-order valence-corrected chi connectivity index (χ1v) is 5.74. The van der Waals surface area contributed by atoms with Crippen molar-refractivity contribution in [3.63, 3.8) is 0 Å². The van der Waals surface area contributed by atoms with Crippen LogP contribution in [0.4, 0.5) is 0 Å². The summed E-state index contributed by atoms with van der Waals surface area (Å²) in [5.74, 6) is 0.832. The lowest BCUT2D eigenvalue weighted by Crippen LogP contribution is -2.39. The Balaban J connectivity index is 3.26. The maximum atomic E-state index is 9.19. The van der Waals surface area contributed by atoms with Crippen molar-refractivity contribution in [3.05, 3.63) is 28.8 Å². The second-order valence-corrected chi connectivity index (χ2v) is 4.32. The SMILES string of the molecule is CNC(c1cc(C)cc(C)c1OC)C(N)CO. The molecule has 0 spiro atoms. The maximum absolute atomic E-state index is 9.19. The number of hydrogen-bond donors (Lipinski definition) is 3. The lowest BCUT2D eigenvalue weighted by molar-refractivity contribution is 0.238. The monoisotopic (exact) mass is 238 g/mol. The first-order valence-electron chi connectivity index (χ1n) is 5.74. The van der Waals surface area contributed by atoms with E-state index >= 15 is 0 Å². The zero-order valence-corrected chi connectivity index (χ0v) is 10.9. The molecule has 0 heterocycles. The van der Waals surface area contributed by atoms with Crippen LogP contribution in [0.3, 0.4) is 0 Å². The molecule has 4 N–H and O–H groups in total. The molecule has 0 radical (unpaired) electrons. The van der Waals surface area contributed by atoms with Gasteiger partial charge in [-0.15, -0.1) is 0 Å². The molecule has 0 saturated heterocycles. The van der Waals surface area contributed by atoms with Crippen molar-refractivity contribution in [3.8, 4) is 5.75 Å². The van der Waals surface area contributed by atoms with Crippen LogP contribution in [-0.2, 0) is 0 Å². The Morgan fingerprint density at radius 1 is 1.41 bits per heavy atom. The molecule has 0 bridgehead atoms. The smallest absolute Gasteiger partial charge is 0.126 e. The lowest BCUT2D eigenvalue weighted by Gasteiger charge is -2.25.